The summed E-state index contributed by atoms with van der Waals surface area (Å²) in [4.78, 5) is 25.8. The number of nitrogens with one attached hydrogen (secondary N) is 1. The van der Waals surface area contributed by atoms with Gasteiger partial charge in [0.05, 0.1) is 6.54 Å². The lowest BCUT2D eigenvalue weighted by atomic mass is 9.87. The molecule has 2 aromatic rings. The van der Waals surface area contributed by atoms with Crippen LogP contribution in [0.4, 0.5) is 5.69 Å². The SMILES string of the molecule is CC(=O)N(CCCc1ccccc1)CC(=O)Nc1ccc(C(C)(C)C)cc1. The largest absolute Gasteiger partial charge is 0.334 e. The number of nitrogens with zero attached hydrogens (tertiary/aromatic N) is 1. The van der Waals surface area contributed by atoms with Crippen molar-refractivity contribution in [3.8, 4) is 0 Å². The maximum absolute atomic E-state index is 12.3. The van der Waals surface area contributed by atoms with E-state index in [0.29, 0.717) is 6.54 Å². The topological polar surface area (TPSA) is 49.4 Å². The Bertz CT molecular complexity index is 746. The molecule has 0 atom stereocenters. The normalized spacial score (nSPS) is 11.1. The van der Waals surface area contributed by atoms with E-state index in [1.54, 1.807) is 4.90 Å². The van der Waals surface area contributed by atoms with Gasteiger partial charge >= 0.3 is 0 Å². The van der Waals surface area contributed by atoms with Crippen LogP contribution >= 0.6 is 0 Å². The number of hydrogen-bond acceptors (Lipinski definition) is 2. The van der Waals surface area contributed by atoms with Crippen molar-refractivity contribution >= 4 is 17.5 Å². The van der Waals surface area contributed by atoms with Gasteiger partial charge in [0.25, 0.3) is 0 Å². The van der Waals surface area contributed by atoms with Crippen molar-refractivity contribution < 1.29 is 9.59 Å². The molecule has 0 aliphatic rings. The first-order valence-corrected chi connectivity index (χ1v) is 9.45. The minimum absolute atomic E-state index is 0.0745. The Morgan fingerprint density at radius 3 is 2.15 bits per heavy atom. The van der Waals surface area contributed by atoms with Gasteiger partial charge in [-0.1, -0.05) is 63.2 Å². The average molecular weight is 367 g/mol. The van der Waals surface area contributed by atoms with E-state index in [9.17, 15) is 9.59 Å². The third kappa shape index (κ3) is 6.89. The third-order valence-electron chi connectivity index (χ3n) is 4.55. The molecular formula is C23H30N2O2. The Morgan fingerprint density at radius 2 is 1.59 bits per heavy atom. The number of benzene rings is 2. The second-order valence-electron chi connectivity index (χ2n) is 7.91. The van der Waals surface area contributed by atoms with Gasteiger partial charge in [0, 0.05) is 19.2 Å². The highest BCUT2D eigenvalue weighted by molar-refractivity contribution is 5.94. The third-order valence-corrected chi connectivity index (χ3v) is 4.55. The highest BCUT2D eigenvalue weighted by Gasteiger charge is 2.15. The number of anilines is 1. The van der Waals surface area contributed by atoms with Gasteiger partial charge in [-0.3, -0.25) is 9.59 Å². The van der Waals surface area contributed by atoms with Crippen LogP contribution in [0.5, 0.6) is 0 Å². The Morgan fingerprint density at radius 1 is 0.963 bits per heavy atom. The van der Waals surface area contributed by atoms with Gasteiger partial charge in [0.2, 0.25) is 11.8 Å². The fraction of sp³-hybridized carbons (Fsp3) is 0.391. The summed E-state index contributed by atoms with van der Waals surface area (Å²) in [7, 11) is 0. The van der Waals surface area contributed by atoms with Gasteiger partial charge in [0.15, 0.2) is 0 Å². The molecule has 144 valence electrons. The molecule has 4 heteroatoms. The van der Waals surface area contributed by atoms with Crippen LogP contribution < -0.4 is 5.32 Å². The lowest BCUT2D eigenvalue weighted by Gasteiger charge is -2.21. The average Bonchev–Trinajstić information content (AvgIpc) is 2.61. The number of amides is 2. The van der Waals surface area contributed by atoms with Crippen LogP contribution in [-0.2, 0) is 21.4 Å². The molecule has 0 saturated heterocycles. The molecule has 0 aromatic heterocycles. The van der Waals surface area contributed by atoms with Gasteiger partial charge in [-0.05, 0) is 41.5 Å². The molecular weight excluding hydrogens is 336 g/mol. The van der Waals surface area contributed by atoms with Crippen molar-refractivity contribution in [1.82, 2.24) is 4.90 Å². The van der Waals surface area contributed by atoms with E-state index < -0.39 is 0 Å². The monoisotopic (exact) mass is 366 g/mol. The summed E-state index contributed by atoms with van der Waals surface area (Å²) >= 11 is 0. The summed E-state index contributed by atoms with van der Waals surface area (Å²) in [6, 6.07) is 18.0. The van der Waals surface area contributed by atoms with E-state index in [-0.39, 0.29) is 23.8 Å². The van der Waals surface area contributed by atoms with Crippen LogP contribution in [0.15, 0.2) is 54.6 Å². The van der Waals surface area contributed by atoms with Crippen LogP contribution in [0, 0.1) is 0 Å². The zero-order valence-corrected chi connectivity index (χ0v) is 16.8. The molecule has 0 bridgehead atoms. The molecule has 0 aliphatic carbocycles. The molecule has 0 radical (unpaired) electrons. The lowest BCUT2D eigenvalue weighted by molar-refractivity contribution is -0.132. The van der Waals surface area contributed by atoms with Gasteiger partial charge in [-0.25, -0.2) is 0 Å². The summed E-state index contributed by atoms with van der Waals surface area (Å²) in [6.45, 7) is 8.61. The predicted molar refractivity (Wildman–Crippen MR) is 111 cm³/mol. The first-order valence-electron chi connectivity index (χ1n) is 9.45. The Kier molecular flexibility index (Phi) is 7.17. The maximum atomic E-state index is 12.3. The minimum Gasteiger partial charge on any atom is -0.334 e. The fourth-order valence-corrected chi connectivity index (χ4v) is 2.89. The first-order chi connectivity index (χ1) is 12.8. The molecule has 0 fully saturated rings. The summed E-state index contributed by atoms with van der Waals surface area (Å²) < 4.78 is 0. The van der Waals surface area contributed by atoms with Crippen LogP contribution in [-0.4, -0.2) is 29.8 Å². The quantitative estimate of drug-likeness (QED) is 0.789. The number of rotatable bonds is 7. The summed E-state index contributed by atoms with van der Waals surface area (Å²) in [5.41, 5.74) is 3.28. The first kappa shape index (κ1) is 20.7. The Labute approximate surface area is 162 Å². The van der Waals surface area contributed by atoms with Crippen molar-refractivity contribution in [2.75, 3.05) is 18.4 Å². The zero-order chi connectivity index (χ0) is 19.9. The highest BCUT2D eigenvalue weighted by atomic mass is 16.2. The number of aryl methyl sites for hydroxylation is 1. The van der Waals surface area contributed by atoms with E-state index in [4.69, 9.17) is 0 Å². The molecule has 0 heterocycles. The van der Waals surface area contributed by atoms with Crippen molar-refractivity contribution in [3.63, 3.8) is 0 Å². The molecule has 2 rings (SSSR count). The Balaban J connectivity index is 1.86. The van der Waals surface area contributed by atoms with Crippen molar-refractivity contribution in [1.29, 1.82) is 0 Å². The molecule has 4 nitrogen and oxygen atoms in total. The second kappa shape index (κ2) is 9.36. The second-order valence-corrected chi connectivity index (χ2v) is 7.91. The smallest absolute Gasteiger partial charge is 0.243 e. The van der Waals surface area contributed by atoms with Crippen molar-refractivity contribution in [2.45, 2.75) is 46.0 Å². The summed E-state index contributed by atoms with van der Waals surface area (Å²) in [5, 5.41) is 2.88. The van der Waals surface area contributed by atoms with Crippen LogP contribution in [0.25, 0.3) is 0 Å². The maximum Gasteiger partial charge on any atom is 0.243 e. The number of carbonyl (C=O) groups excluding carboxylic acids is 2. The van der Waals surface area contributed by atoms with E-state index in [1.807, 2.05) is 42.5 Å². The molecule has 0 aliphatic heterocycles. The summed E-state index contributed by atoms with van der Waals surface area (Å²) in [6.07, 6.45) is 1.72. The molecule has 2 aromatic carbocycles. The molecule has 0 saturated carbocycles. The standard InChI is InChI=1S/C23H30N2O2/c1-18(26)25(16-8-11-19-9-6-5-7-10-19)17-22(27)24-21-14-12-20(13-15-21)23(2,3)4/h5-7,9-10,12-15H,8,11,16-17H2,1-4H3,(H,24,27). The Hall–Kier alpha value is -2.62. The molecule has 0 spiro atoms. The van der Waals surface area contributed by atoms with Crippen molar-refractivity contribution in [3.05, 3.63) is 65.7 Å². The van der Waals surface area contributed by atoms with Gasteiger partial charge in [-0.2, -0.15) is 0 Å². The van der Waals surface area contributed by atoms with Crippen LogP contribution in [0.3, 0.4) is 0 Å². The lowest BCUT2D eigenvalue weighted by Crippen LogP contribution is -2.37. The number of carbonyl (C=O) groups is 2. The fourth-order valence-electron chi connectivity index (χ4n) is 2.89. The zero-order valence-electron chi connectivity index (χ0n) is 16.8. The van der Waals surface area contributed by atoms with Crippen LogP contribution in [0.1, 0.15) is 45.2 Å². The van der Waals surface area contributed by atoms with Gasteiger partial charge in [-0.15, -0.1) is 0 Å². The van der Waals surface area contributed by atoms with E-state index in [2.05, 4.69) is 38.2 Å². The summed E-state index contributed by atoms with van der Waals surface area (Å²) in [5.74, 6) is -0.255. The van der Waals surface area contributed by atoms with E-state index in [0.717, 1.165) is 18.5 Å². The minimum atomic E-state index is -0.173. The van der Waals surface area contributed by atoms with Crippen LogP contribution in [0.2, 0.25) is 0 Å². The van der Waals surface area contributed by atoms with Gasteiger partial charge < -0.3 is 10.2 Å². The van der Waals surface area contributed by atoms with E-state index >= 15 is 0 Å². The number of hydrogen-bond donors (Lipinski definition) is 1. The predicted octanol–water partition coefficient (Wildman–Crippen LogP) is 4.40. The molecule has 2 amide bonds. The molecule has 27 heavy (non-hydrogen) atoms. The van der Waals surface area contributed by atoms with Crippen molar-refractivity contribution in [2.24, 2.45) is 0 Å². The molecule has 1 N–H and O–H groups in total. The van der Waals surface area contributed by atoms with Gasteiger partial charge in [0.1, 0.15) is 0 Å². The highest BCUT2D eigenvalue weighted by Crippen LogP contribution is 2.23. The molecule has 0 unspecified atom stereocenters. The van der Waals surface area contributed by atoms with E-state index in [1.165, 1.54) is 18.1 Å².